The predicted molar refractivity (Wildman–Crippen MR) is 95.5 cm³/mol. The molecule has 0 saturated heterocycles. The Morgan fingerprint density at radius 3 is 2.72 bits per heavy atom. The van der Waals surface area contributed by atoms with Gasteiger partial charge in [-0.2, -0.15) is 5.26 Å². The van der Waals surface area contributed by atoms with Gasteiger partial charge in [0, 0.05) is 0 Å². The summed E-state index contributed by atoms with van der Waals surface area (Å²) in [6, 6.07) is 10.8. The molecule has 1 unspecified atom stereocenters. The van der Waals surface area contributed by atoms with E-state index in [1.165, 1.54) is 12.5 Å². The van der Waals surface area contributed by atoms with Gasteiger partial charge in [0.25, 0.3) is 0 Å². The quantitative estimate of drug-likeness (QED) is 0.628. The van der Waals surface area contributed by atoms with E-state index in [9.17, 15) is 8.78 Å². The SMILES string of the molecule is CCCCCc1ccc(C2CCc3c(ccc(C#N)c3F)C2)c(F)c1. The maximum absolute atomic E-state index is 14.6. The molecule has 130 valence electrons. The molecule has 1 nitrogen and oxygen atoms in total. The van der Waals surface area contributed by atoms with Crippen molar-refractivity contribution in [3.8, 4) is 6.07 Å². The van der Waals surface area contributed by atoms with E-state index in [1.54, 1.807) is 6.07 Å². The molecular weight excluding hydrogens is 316 g/mol. The van der Waals surface area contributed by atoms with Gasteiger partial charge in [0.15, 0.2) is 0 Å². The number of unbranched alkanes of at least 4 members (excludes halogenated alkanes) is 2. The van der Waals surface area contributed by atoms with E-state index in [2.05, 4.69) is 6.92 Å². The molecule has 0 aliphatic heterocycles. The summed E-state index contributed by atoms with van der Waals surface area (Å²) < 4.78 is 28.9. The van der Waals surface area contributed by atoms with Gasteiger partial charge in [0.1, 0.15) is 17.7 Å². The third-order valence-corrected chi connectivity index (χ3v) is 5.24. The Labute approximate surface area is 148 Å². The average Bonchev–Trinajstić information content (AvgIpc) is 2.62. The average molecular weight is 339 g/mol. The van der Waals surface area contributed by atoms with E-state index in [0.29, 0.717) is 24.8 Å². The highest BCUT2D eigenvalue weighted by molar-refractivity contribution is 5.43. The molecule has 3 rings (SSSR count). The zero-order chi connectivity index (χ0) is 17.8. The Morgan fingerprint density at radius 2 is 2.00 bits per heavy atom. The molecule has 1 aliphatic carbocycles. The van der Waals surface area contributed by atoms with Crippen molar-refractivity contribution in [2.75, 3.05) is 0 Å². The second kappa shape index (κ2) is 7.78. The lowest BCUT2D eigenvalue weighted by Crippen LogP contribution is -2.16. The van der Waals surface area contributed by atoms with Crippen molar-refractivity contribution >= 4 is 0 Å². The summed E-state index contributed by atoms with van der Waals surface area (Å²) in [4.78, 5) is 0. The fraction of sp³-hybridized carbons (Fsp3) is 0.409. The Kier molecular flexibility index (Phi) is 5.48. The lowest BCUT2D eigenvalue weighted by Gasteiger charge is -2.26. The number of fused-ring (bicyclic) bond motifs is 1. The van der Waals surface area contributed by atoms with E-state index < -0.39 is 5.82 Å². The van der Waals surface area contributed by atoms with Crippen molar-refractivity contribution in [3.05, 3.63) is 69.8 Å². The molecule has 2 aromatic rings. The topological polar surface area (TPSA) is 23.8 Å². The molecular formula is C22H23F2N. The smallest absolute Gasteiger partial charge is 0.144 e. The Balaban J connectivity index is 1.78. The van der Waals surface area contributed by atoms with Crippen LogP contribution in [0, 0.1) is 23.0 Å². The summed E-state index contributed by atoms with van der Waals surface area (Å²) in [5, 5.41) is 8.95. The first-order valence-corrected chi connectivity index (χ1v) is 9.12. The van der Waals surface area contributed by atoms with Gasteiger partial charge in [-0.3, -0.25) is 0 Å². The van der Waals surface area contributed by atoms with Crippen LogP contribution in [0.4, 0.5) is 8.78 Å². The van der Waals surface area contributed by atoms with Crippen LogP contribution in [0.1, 0.15) is 66.3 Å². The summed E-state index contributed by atoms with van der Waals surface area (Å²) in [6.07, 6.45) is 6.23. The van der Waals surface area contributed by atoms with Crippen LogP contribution in [-0.4, -0.2) is 0 Å². The van der Waals surface area contributed by atoms with Gasteiger partial charge in [0.2, 0.25) is 0 Å². The fourth-order valence-corrected chi connectivity index (χ4v) is 3.80. The lowest BCUT2D eigenvalue weighted by atomic mass is 9.79. The van der Waals surface area contributed by atoms with Gasteiger partial charge in [-0.05, 0) is 72.4 Å². The van der Waals surface area contributed by atoms with Crippen LogP contribution in [-0.2, 0) is 19.3 Å². The lowest BCUT2D eigenvalue weighted by molar-refractivity contribution is 0.513. The first-order valence-electron chi connectivity index (χ1n) is 9.12. The Hall–Kier alpha value is -2.21. The van der Waals surface area contributed by atoms with Crippen molar-refractivity contribution in [2.24, 2.45) is 0 Å². The summed E-state index contributed by atoms with van der Waals surface area (Å²) in [5.41, 5.74) is 3.41. The highest BCUT2D eigenvalue weighted by Crippen LogP contribution is 2.36. The van der Waals surface area contributed by atoms with Crippen LogP contribution >= 0.6 is 0 Å². The van der Waals surface area contributed by atoms with Gasteiger partial charge in [-0.25, -0.2) is 8.78 Å². The number of nitrogens with zero attached hydrogens (tertiary/aromatic N) is 1. The van der Waals surface area contributed by atoms with Crippen molar-refractivity contribution in [1.29, 1.82) is 5.26 Å². The highest BCUT2D eigenvalue weighted by Gasteiger charge is 2.25. The van der Waals surface area contributed by atoms with Crippen LogP contribution < -0.4 is 0 Å². The predicted octanol–water partition coefficient (Wildman–Crippen LogP) is 5.84. The van der Waals surface area contributed by atoms with Crippen molar-refractivity contribution in [3.63, 3.8) is 0 Å². The summed E-state index contributed by atoms with van der Waals surface area (Å²) in [5.74, 6) is -0.466. The third-order valence-electron chi connectivity index (χ3n) is 5.24. The van der Waals surface area contributed by atoms with Crippen LogP contribution in [0.5, 0.6) is 0 Å². The number of benzene rings is 2. The molecule has 0 radical (unpaired) electrons. The standard InChI is InChI=1S/C22H23F2N/c1-2-3-4-5-15-6-10-19(21(23)12-15)16-9-11-20-17(13-16)7-8-18(14-25)22(20)24/h6-8,10,12,16H,2-5,9,11,13H2,1H3. The minimum Gasteiger partial charge on any atom is -0.207 e. The summed E-state index contributed by atoms with van der Waals surface area (Å²) in [7, 11) is 0. The van der Waals surface area contributed by atoms with Crippen LogP contribution in [0.15, 0.2) is 30.3 Å². The van der Waals surface area contributed by atoms with Gasteiger partial charge in [-0.15, -0.1) is 0 Å². The molecule has 0 heterocycles. The summed E-state index contributed by atoms with van der Waals surface area (Å²) in [6.45, 7) is 2.16. The molecule has 0 saturated carbocycles. The van der Waals surface area contributed by atoms with Crippen LogP contribution in [0.3, 0.4) is 0 Å². The molecule has 3 heteroatoms. The van der Waals surface area contributed by atoms with Gasteiger partial charge >= 0.3 is 0 Å². The number of hydrogen-bond acceptors (Lipinski definition) is 1. The number of halogens is 2. The molecule has 1 aliphatic rings. The van der Waals surface area contributed by atoms with Crippen LogP contribution in [0.2, 0.25) is 0 Å². The Morgan fingerprint density at radius 1 is 1.16 bits per heavy atom. The first kappa shape index (κ1) is 17.6. The number of aryl methyl sites for hydroxylation is 1. The molecule has 2 aromatic carbocycles. The third kappa shape index (κ3) is 3.74. The maximum Gasteiger partial charge on any atom is 0.144 e. The maximum atomic E-state index is 14.6. The van der Waals surface area contributed by atoms with Crippen molar-refractivity contribution in [1.82, 2.24) is 0 Å². The van der Waals surface area contributed by atoms with Crippen molar-refractivity contribution in [2.45, 2.75) is 57.8 Å². The second-order valence-electron chi connectivity index (χ2n) is 6.93. The molecule has 0 spiro atoms. The first-order chi connectivity index (χ1) is 12.1. The fourth-order valence-electron chi connectivity index (χ4n) is 3.80. The molecule has 0 aromatic heterocycles. The molecule has 25 heavy (non-hydrogen) atoms. The molecule has 1 atom stereocenters. The van der Waals surface area contributed by atoms with E-state index in [-0.39, 0.29) is 17.3 Å². The van der Waals surface area contributed by atoms with Crippen molar-refractivity contribution < 1.29 is 8.78 Å². The number of rotatable bonds is 5. The van der Waals surface area contributed by atoms with E-state index >= 15 is 0 Å². The number of nitriles is 1. The molecule has 0 N–H and O–H groups in total. The summed E-state index contributed by atoms with van der Waals surface area (Å²) >= 11 is 0. The molecule has 0 fully saturated rings. The van der Waals surface area contributed by atoms with Gasteiger partial charge < -0.3 is 0 Å². The zero-order valence-electron chi connectivity index (χ0n) is 14.6. The minimum absolute atomic E-state index is 0.0736. The van der Waals surface area contributed by atoms with E-state index in [4.69, 9.17) is 5.26 Å². The number of hydrogen-bond donors (Lipinski definition) is 0. The highest BCUT2D eigenvalue weighted by atomic mass is 19.1. The van der Waals surface area contributed by atoms with E-state index in [1.807, 2.05) is 24.3 Å². The normalized spacial score (nSPS) is 16.3. The second-order valence-corrected chi connectivity index (χ2v) is 6.93. The van der Waals surface area contributed by atoms with Gasteiger partial charge in [-0.1, -0.05) is 38.0 Å². The zero-order valence-corrected chi connectivity index (χ0v) is 14.6. The minimum atomic E-state index is -0.398. The molecule has 0 bridgehead atoms. The molecule has 0 amide bonds. The van der Waals surface area contributed by atoms with E-state index in [0.717, 1.165) is 36.0 Å². The Bertz CT molecular complexity index is 804. The monoisotopic (exact) mass is 339 g/mol. The largest absolute Gasteiger partial charge is 0.207 e. The van der Waals surface area contributed by atoms with Gasteiger partial charge in [0.05, 0.1) is 5.56 Å². The van der Waals surface area contributed by atoms with Crippen LogP contribution in [0.25, 0.3) is 0 Å².